The van der Waals surface area contributed by atoms with E-state index in [9.17, 15) is 9.59 Å². The summed E-state index contributed by atoms with van der Waals surface area (Å²) in [6.45, 7) is 4.05. The van der Waals surface area contributed by atoms with E-state index in [-0.39, 0.29) is 6.04 Å². The second kappa shape index (κ2) is 12.8. The second-order valence-electron chi connectivity index (χ2n) is 8.81. The van der Waals surface area contributed by atoms with E-state index in [4.69, 9.17) is 9.15 Å². The largest absolute Gasteiger partial charge is 0.497 e. The highest BCUT2D eigenvalue weighted by molar-refractivity contribution is 6.35. The number of aryl methyl sites for hydroxylation is 1. The molecule has 0 radical (unpaired) electrons. The van der Waals surface area contributed by atoms with E-state index >= 15 is 0 Å². The first-order valence-corrected chi connectivity index (χ1v) is 12.4. The van der Waals surface area contributed by atoms with Gasteiger partial charge in [-0.05, 0) is 54.8 Å². The topological polar surface area (TPSA) is 87.0 Å². The van der Waals surface area contributed by atoms with E-state index < -0.39 is 11.8 Å². The van der Waals surface area contributed by atoms with E-state index in [0.29, 0.717) is 13.1 Å². The third kappa shape index (κ3) is 6.88. The predicted octanol–water partition coefficient (Wildman–Crippen LogP) is 3.02. The average Bonchev–Trinajstić information content (AvgIpc) is 3.47. The van der Waals surface area contributed by atoms with Crippen LogP contribution >= 0.6 is 0 Å². The van der Waals surface area contributed by atoms with Crippen LogP contribution in [0.25, 0.3) is 0 Å². The van der Waals surface area contributed by atoms with Gasteiger partial charge in [-0.2, -0.15) is 0 Å². The molecule has 0 spiro atoms. The fourth-order valence-corrected chi connectivity index (χ4v) is 4.46. The Hall–Kier alpha value is -3.78. The lowest BCUT2D eigenvalue weighted by Crippen LogP contribution is -2.50. The van der Waals surface area contributed by atoms with Gasteiger partial charge in [0, 0.05) is 45.0 Å². The third-order valence-electron chi connectivity index (χ3n) is 6.50. The van der Waals surface area contributed by atoms with Gasteiger partial charge in [0.2, 0.25) is 0 Å². The number of carbonyl (C=O) groups excluding carboxylic acids is 2. The molecule has 8 heteroatoms. The van der Waals surface area contributed by atoms with Crippen molar-refractivity contribution in [3.8, 4) is 5.75 Å². The smallest absolute Gasteiger partial charge is 0.309 e. The molecule has 1 aromatic heterocycles. The van der Waals surface area contributed by atoms with Crippen molar-refractivity contribution in [3.63, 3.8) is 0 Å². The quantitative estimate of drug-likeness (QED) is 0.336. The summed E-state index contributed by atoms with van der Waals surface area (Å²) >= 11 is 0. The highest BCUT2D eigenvalue weighted by atomic mass is 16.5. The molecule has 36 heavy (non-hydrogen) atoms. The fourth-order valence-electron chi connectivity index (χ4n) is 4.46. The fraction of sp³-hybridized carbons (Fsp3) is 0.357. The summed E-state index contributed by atoms with van der Waals surface area (Å²) < 4.78 is 10.9. The first-order valence-electron chi connectivity index (χ1n) is 12.4. The molecule has 0 saturated carbocycles. The summed E-state index contributed by atoms with van der Waals surface area (Å²) in [5.74, 6) is 0.386. The third-order valence-corrected chi connectivity index (χ3v) is 6.50. The maximum atomic E-state index is 12.5. The van der Waals surface area contributed by atoms with Crippen LogP contribution in [0, 0.1) is 0 Å². The van der Waals surface area contributed by atoms with Crippen molar-refractivity contribution in [2.75, 3.05) is 51.3 Å². The number of ether oxygens (including phenoxy) is 1. The Bertz CT molecular complexity index is 1080. The zero-order valence-electron chi connectivity index (χ0n) is 20.7. The van der Waals surface area contributed by atoms with Crippen molar-refractivity contribution < 1.29 is 18.7 Å². The Labute approximate surface area is 212 Å². The number of methoxy groups -OCH3 is 1. The highest BCUT2D eigenvalue weighted by Crippen LogP contribution is 2.25. The van der Waals surface area contributed by atoms with Crippen LogP contribution in [0.1, 0.15) is 23.8 Å². The minimum atomic E-state index is -0.622. The van der Waals surface area contributed by atoms with E-state index in [2.05, 4.69) is 44.7 Å². The van der Waals surface area contributed by atoms with Crippen LogP contribution in [0.4, 0.5) is 5.69 Å². The second-order valence-corrected chi connectivity index (χ2v) is 8.81. The normalized spacial score (nSPS) is 14.8. The molecule has 1 aliphatic heterocycles. The summed E-state index contributed by atoms with van der Waals surface area (Å²) in [5.41, 5.74) is 2.37. The summed E-state index contributed by atoms with van der Waals surface area (Å²) in [5, 5.41) is 5.52. The van der Waals surface area contributed by atoms with Crippen LogP contribution in [-0.2, 0) is 16.0 Å². The first kappa shape index (κ1) is 25.3. The van der Waals surface area contributed by atoms with Gasteiger partial charge in [-0.1, -0.05) is 30.3 Å². The van der Waals surface area contributed by atoms with Crippen LogP contribution in [0.5, 0.6) is 5.75 Å². The zero-order valence-corrected chi connectivity index (χ0v) is 20.7. The lowest BCUT2D eigenvalue weighted by molar-refractivity contribution is -0.139. The maximum absolute atomic E-state index is 12.5. The highest BCUT2D eigenvalue weighted by Gasteiger charge is 2.28. The number of nitrogens with zero attached hydrogens (tertiary/aromatic N) is 2. The number of amides is 2. The number of hydrogen-bond acceptors (Lipinski definition) is 6. The van der Waals surface area contributed by atoms with Gasteiger partial charge in [0.05, 0.1) is 19.4 Å². The minimum Gasteiger partial charge on any atom is -0.497 e. The lowest BCUT2D eigenvalue weighted by atomic mass is 10.1. The van der Waals surface area contributed by atoms with E-state index in [1.807, 2.05) is 42.5 Å². The predicted molar refractivity (Wildman–Crippen MR) is 139 cm³/mol. The molecule has 4 rings (SSSR count). The van der Waals surface area contributed by atoms with Gasteiger partial charge in [0.15, 0.2) is 0 Å². The number of benzene rings is 2. The van der Waals surface area contributed by atoms with Gasteiger partial charge < -0.3 is 24.7 Å². The molecule has 2 heterocycles. The van der Waals surface area contributed by atoms with Crippen molar-refractivity contribution in [1.29, 1.82) is 0 Å². The van der Waals surface area contributed by atoms with E-state index in [0.717, 1.165) is 56.2 Å². The molecule has 1 aliphatic rings. The van der Waals surface area contributed by atoms with Crippen molar-refractivity contribution in [2.45, 2.75) is 18.9 Å². The molecular weight excluding hydrogens is 456 g/mol. The molecule has 2 N–H and O–H groups in total. The molecule has 1 atom stereocenters. The molecule has 8 nitrogen and oxygen atoms in total. The Balaban J connectivity index is 1.25. The Morgan fingerprint density at radius 2 is 1.64 bits per heavy atom. The van der Waals surface area contributed by atoms with E-state index in [1.54, 1.807) is 13.4 Å². The number of anilines is 1. The van der Waals surface area contributed by atoms with Crippen molar-refractivity contribution in [2.24, 2.45) is 0 Å². The van der Waals surface area contributed by atoms with Crippen molar-refractivity contribution in [1.82, 2.24) is 15.5 Å². The summed E-state index contributed by atoms with van der Waals surface area (Å²) in [4.78, 5) is 29.4. The number of nitrogens with one attached hydrogen (secondary N) is 2. The molecule has 1 unspecified atom stereocenters. The van der Waals surface area contributed by atoms with Gasteiger partial charge in [-0.15, -0.1) is 0 Å². The van der Waals surface area contributed by atoms with Crippen molar-refractivity contribution in [3.05, 3.63) is 84.3 Å². The first-order chi connectivity index (χ1) is 17.6. The molecule has 0 aliphatic carbocycles. The van der Waals surface area contributed by atoms with Gasteiger partial charge in [0.25, 0.3) is 0 Å². The van der Waals surface area contributed by atoms with E-state index in [1.165, 1.54) is 5.56 Å². The van der Waals surface area contributed by atoms with Gasteiger partial charge in [-0.25, -0.2) is 0 Å². The summed E-state index contributed by atoms with van der Waals surface area (Å²) in [7, 11) is 1.66. The number of carbonyl (C=O) groups is 2. The molecule has 190 valence electrons. The number of furan rings is 1. The Morgan fingerprint density at radius 1 is 0.917 bits per heavy atom. The van der Waals surface area contributed by atoms with Gasteiger partial charge in [-0.3, -0.25) is 14.5 Å². The van der Waals surface area contributed by atoms with Crippen molar-refractivity contribution >= 4 is 17.5 Å². The number of piperazine rings is 1. The molecule has 1 fully saturated rings. The van der Waals surface area contributed by atoms with Gasteiger partial charge >= 0.3 is 11.8 Å². The number of hydrogen-bond donors (Lipinski definition) is 2. The molecule has 3 aromatic rings. The molecule has 2 amide bonds. The minimum absolute atomic E-state index is 0.146. The van der Waals surface area contributed by atoms with Crippen LogP contribution < -0.4 is 20.3 Å². The Kier molecular flexibility index (Phi) is 8.99. The van der Waals surface area contributed by atoms with Crippen LogP contribution in [0.2, 0.25) is 0 Å². The molecule has 0 bridgehead atoms. The van der Waals surface area contributed by atoms with Crippen LogP contribution in [-0.4, -0.2) is 63.1 Å². The SMILES string of the molecule is COc1ccc(N2CCN(C(CNC(=O)C(=O)NCCCc3ccccc3)c3ccco3)CC2)cc1. The van der Waals surface area contributed by atoms with Gasteiger partial charge in [0.1, 0.15) is 11.5 Å². The zero-order chi connectivity index (χ0) is 25.2. The van der Waals surface area contributed by atoms with Crippen LogP contribution in [0.15, 0.2) is 77.4 Å². The average molecular weight is 491 g/mol. The lowest BCUT2D eigenvalue weighted by Gasteiger charge is -2.39. The van der Waals surface area contributed by atoms with Crippen LogP contribution in [0.3, 0.4) is 0 Å². The number of rotatable bonds is 10. The molecule has 1 saturated heterocycles. The monoisotopic (exact) mass is 490 g/mol. The molecular formula is C28H34N4O4. The summed E-state index contributed by atoms with van der Waals surface area (Å²) in [6.07, 6.45) is 3.26. The maximum Gasteiger partial charge on any atom is 0.309 e. The summed E-state index contributed by atoms with van der Waals surface area (Å²) in [6, 6.07) is 21.8. The standard InChI is InChI=1S/C28H34N4O4/c1-35-24-13-11-23(12-14-24)31-16-18-32(19-17-31)25(26-10-6-20-36-26)21-30-28(34)27(33)29-15-5-9-22-7-3-2-4-8-22/h2-4,6-8,10-14,20,25H,5,9,15-19,21H2,1H3,(H,29,33)(H,30,34). The Morgan fingerprint density at radius 3 is 2.31 bits per heavy atom. The molecule has 2 aromatic carbocycles.